The first-order chi connectivity index (χ1) is 14.6. The molecule has 158 valence electrons. The Kier molecular flexibility index (Phi) is 7.67. The van der Waals surface area contributed by atoms with Crippen molar-refractivity contribution in [3.05, 3.63) is 65.5 Å². The summed E-state index contributed by atoms with van der Waals surface area (Å²) in [5.74, 6) is -1.16. The van der Waals surface area contributed by atoms with Crippen molar-refractivity contribution < 1.29 is 14.7 Å². The van der Waals surface area contributed by atoms with Crippen LogP contribution in [0.5, 0.6) is 0 Å². The number of carboxylic acid groups (broad SMARTS) is 1. The Bertz CT molecular complexity index is 939. The minimum absolute atomic E-state index is 0.00239. The summed E-state index contributed by atoms with van der Waals surface area (Å²) in [7, 11) is 0. The number of carbonyl (C=O) groups excluding carboxylic acids is 1. The molecule has 3 rings (SSSR count). The number of rotatable bonds is 12. The molecular formula is C20H25N7O3. The van der Waals surface area contributed by atoms with Crippen LogP contribution in [0.3, 0.4) is 0 Å². The van der Waals surface area contributed by atoms with Gasteiger partial charge in [0.15, 0.2) is 0 Å². The smallest absolute Gasteiger partial charge is 0.303 e. The maximum absolute atomic E-state index is 12.6. The Morgan fingerprint density at radius 3 is 2.30 bits per heavy atom. The molecule has 0 aliphatic heterocycles. The lowest BCUT2D eigenvalue weighted by atomic mass is 10.1. The predicted octanol–water partition coefficient (Wildman–Crippen LogP) is 0.850. The number of aryl methyl sites for hydroxylation is 1. The summed E-state index contributed by atoms with van der Waals surface area (Å²) >= 11 is 0. The van der Waals surface area contributed by atoms with Crippen molar-refractivity contribution in [2.45, 2.75) is 32.2 Å². The summed E-state index contributed by atoms with van der Waals surface area (Å²) in [5, 5.41) is 15.1. The molecule has 3 heterocycles. The number of H-pyrrole nitrogens is 2. The van der Waals surface area contributed by atoms with E-state index < -0.39 is 5.97 Å². The number of imidazole rings is 2. The summed E-state index contributed by atoms with van der Waals surface area (Å²) in [6, 6.07) is 3.50. The van der Waals surface area contributed by atoms with E-state index in [1.807, 2.05) is 6.07 Å². The highest BCUT2D eigenvalue weighted by molar-refractivity contribution is 5.92. The van der Waals surface area contributed by atoms with E-state index in [4.69, 9.17) is 5.11 Å². The molecule has 3 aromatic rings. The molecule has 0 aromatic carbocycles. The number of aliphatic carboxylic acids is 1. The van der Waals surface area contributed by atoms with Gasteiger partial charge in [0, 0.05) is 62.7 Å². The zero-order chi connectivity index (χ0) is 21.2. The fourth-order valence-corrected chi connectivity index (χ4v) is 2.94. The van der Waals surface area contributed by atoms with Gasteiger partial charge < -0.3 is 25.7 Å². The number of hydrogen-bond acceptors (Lipinski definition) is 6. The SMILES string of the molecule is O=C(O)CCc1cc(CNCCc2cnc[nH]2)nc(C(=O)NCCc2cnc[nH]2)c1. The molecule has 0 radical (unpaired) electrons. The summed E-state index contributed by atoms with van der Waals surface area (Å²) in [5.41, 5.74) is 3.72. The van der Waals surface area contributed by atoms with Crippen LogP contribution in [0.25, 0.3) is 0 Å². The number of nitrogens with one attached hydrogen (secondary N) is 4. The van der Waals surface area contributed by atoms with Crippen LogP contribution < -0.4 is 10.6 Å². The Morgan fingerprint density at radius 2 is 1.67 bits per heavy atom. The van der Waals surface area contributed by atoms with Gasteiger partial charge >= 0.3 is 5.97 Å². The summed E-state index contributed by atoms with van der Waals surface area (Å²) in [6.07, 6.45) is 8.48. The van der Waals surface area contributed by atoms with E-state index in [0.717, 1.165) is 29.9 Å². The molecule has 0 saturated carbocycles. The van der Waals surface area contributed by atoms with Gasteiger partial charge in [-0.05, 0) is 24.1 Å². The van der Waals surface area contributed by atoms with Gasteiger partial charge in [-0.2, -0.15) is 0 Å². The zero-order valence-electron chi connectivity index (χ0n) is 16.5. The fraction of sp³-hybridized carbons (Fsp3) is 0.350. The molecule has 0 spiro atoms. The van der Waals surface area contributed by atoms with Crippen LogP contribution in [0, 0.1) is 0 Å². The highest BCUT2D eigenvalue weighted by atomic mass is 16.4. The molecule has 5 N–H and O–H groups in total. The average Bonchev–Trinajstić information content (AvgIpc) is 3.44. The summed E-state index contributed by atoms with van der Waals surface area (Å²) < 4.78 is 0. The Morgan fingerprint density at radius 1 is 0.967 bits per heavy atom. The second-order valence-corrected chi connectivity index (χ2v) is 6.83. The number of amides is 1. The number of aromatic amines is 2. The van der Waals surface area contributed by atoms with Gasteiger partial charge in [0.2, 0.25) is 0 Å². The average molecular weight is 411 g/mol. The van der Waals surface area contributed by atoms with Crippen LogP contribution in [0.1, 0.15) is 39.6 Å². The summed E-state index contributed by atoms with van der Waals surface area (Å²) in [4.78, 5) is 41.9. The van der Waals surface area contributed by atoms with Gasteiger partial charge in [0.1, 0.15) is 5.69 Å². The molecule has 0 saturated heterocycles. The molecule has 0 aliphatic carbocycles. The van der Waals surface area contributed by atoms with Crippen molar-refractivity contribution in [2.24, 2.45) is 0 Å². The maximum atomic E-state index is 12.6. The maximum Gasteiger partial charge on any atom is 0.303 e. The van der Waals surface area contributed by atoms with Gasteiger partial charge in [-0.15, -0.1) is 0 Å². The van der Waals surface area contributed by atoms with E-state index in [-0.39, 0.29) is 18.0 Å². The van der Waals surface area contributed by atoms with E-state index in [1.165, 1.54) is 0 Å². The minimum Gasteiger partial charge on any atom is -0.481 e. The van der Waals surface area contributed by atoms with E-state index in [1.54, 1.807) is 31.1 Å². The number of carboxylic acids is 1. The molecular weight excluding hydrogens is 386 g/mol. The number of pyridine rings is 1. The van der Waals surface area contributed by atoms with Crippen LogP contribution in [0.4, 0.5) is 0 Å². The first-order valence-electron chi connectivity index (χ1n) is 9.75. The van der Waals surface area contributed by atoms with Crippen molar-refractivity contribution in [2.75, 3.05) is 13.1 Å². The molecule has 0 atom stereocenters. The second-order valence-electron chi connectivity index (χ2n) is 6.83. The van der Waals surface area contributed by atoms with Crippen LogP contribution in [-0.2, 0) is 30.6 Å². The van der Waals surface area contributed by atoms with Crippen molar-refractivity contribution in [1.29, 1.82) is 0 Å². The molecule has 10 heteroatoms. The van der Waals surface area contributed by atoms with Crippen LogP contribution in [-0.4, -0.2) is 55.0 Å². The van der Waals surface area contributed by atoms with E-state index in [0.29, 0.717) is 31.6 Å². The van der Waals surface area contributed by atoms with Gasteiger partial charge in [-0.25, -0.2) is 15.0 Å². The quantitative estimate of drug-likeness (QED) is 0.277. The lowest BCUT2D eigenvalue weighted by Gasteiger charge is -2.10. The van der Waals surface area contributed by atoms with Crippen LogP contribution >= 0.6 is 0 Å². The number of nitrogens with zero attached hydrogens (tertiary/aromatic N) is 3. The number of aromatic nitrogens is 5. The van der Waals surface area contributed by atoms with Crippen LogP contribution in [0.15, 0.2) is 37.2 Å². The monoisotopic (exact) mass is 411 g/mol. The van der Waals surface area contributed by atoms with E-state index in [2.05, 4.69) is 35.6 Å². The third-order valence-corrected chi connectivity index (χ3v) is 4.47. The van der Waals surface area contributed by atoms with Gasteiger partial charge in [0.05, 0.1) is 18.3 Å². The van der Waals surface area contributed by atoms with Gasteiger partial charge in [-0.3, -0.25) is 9.59 Å². The molecule has 0 fully saturated rings. The first kappa shape index (κ1) is 21.2. The first-order valence-corrected chi connectivity index (χ1v) is 9.75. The van der Waals surface area contributed by atoms with Crippen molar-refractivity contribution in [1.82, 2.24) is 35.6 Å². The minimum atomic E-state index is -0.878. The fourth-order valence-electron chi connectivity index (χ4n) is 2.94. The number of carbonyl (C=O) groups is 2. The third-order valence-electron chi connectivity index (χ3n) is 4.47. The normalized spacial score (nSPS) is 10.8. The van der Waals surface area contributed by atoms with Crippen molar-refractivity contribution in [3.63, 3.8) is 0 Å². The molecule has 0 aliphatic rings. The predicted molar refractivity (Wildman–Crippen MR) is 109 cm³/mol. The lowest BCUT2D eigenvalue weighted by Crippen LogP contribution is -2.27. The largest absolute Gasteiger partial charge is 0.481 e. The Balaban J connectivity index is 1.59. The number of hydrogen-bond donors (Lipinski definition) is 5. The summed E-state index contributed by atoms with van der Waals surface area (Å²) in [6.45, 7) is 1.64. The molecule has 10 nitrogen and oxygen atoms in total. The highest BCUT2D eigenvalue weighted by Crippen LogP contribution is 2.10. The van der Waals surface area contributed by atoms with E-state index in [9.17, 15) is 9.59 Å². The second kappa shape index (κ2) is 10.9. The molecule has 1 amide bonds. The molecule has 0 bridgehead atoms. The molecule has 0 unspecified atom stereocenters. The van der Waals surface area contributed by atoms with Gasteiger partial charge in [0.25, 0.3) is 5.91 Å². The topological polar surface area (TPSA) is 149 Å². The Hall–Kier alpha value is -3.53. The Labute approximate surface area is 173 Å². The third kappa shape index (κ3) is 6.82. The molecule has 30 heavy (non-hydrogen) atoms. The van der Waals surface area contributed by atoms with E-state index >= 15 is 0 Å². The molecule has 3 aromatic heterocycles. The van der Waals surface area contributed by atoms with Crippen LogP contribution in [0.2, 0.25) is 0 Å². The lowest BCUT2D eigenvalue weighted by molar-refractivity contribution is -0.136. The van der Waals surface area contributed by atoms with Gasteiger partial charge in [-0.1, -0.05) is 0 Å². The standard InChI is InChI=1S/C20H25N7O3/c28-19(29)2-1-14-7-17(11-21-5-3-15-9-22-12-25-15)27-18(8-14)20(30)24-6-4-16-10-23-13-26-16/h7-10,12-13,21H,1-6,11H2,(H,22,25)(H,23,26)(H,24,30)(H,28,29). The van der Waals surface area contributed by atoms with Crippen molar-refractivity contribution >= 4 is 11.9 Å². The van der Waals surface area contributed by atoms with Crippen molar-refractivity contribution in [3.8, 4) is 0 Å². The zero-order valence-corrected chi connectivity index (χ0v) is 16.5. The highest BCUT2D eigenvalue weighted by Gasteiger charge is 2.12.